The number of thiazole rings is 1. The summed E-state index contributed by atoms with van der Waals surface area (Å²) >= 11 is 1.52. The number of carbonyl (C=O) groups is 4. The molecule has 2 aromatic heterocycles. The molecular formula is C39H54N6O8S. The quantitative estimate of drug-likeness (QED) is 0.139. The minimum Gasteiger partial charge on any atom is -0.497 e. The normalized spacial score (nSPS) is 22.3. The summed E-state index contributed by atoms with van der Waals surface area (Å²) in [4.78, 5) is 68.4. The monoisotopic (exact) mass is 766 g/mol. The third-order valence-corrected chi connectivity index (χ3v) is 10.2. The van der Waals surface area contributed by atoms with Gasteiger partial charge in [0.1, 0.15) is 23.9 Å². The van der Waals surface area contributed by atoms with Crippen molar-refractivity contribution in [3.05, 3.63) is 52.0 Å². The Morgan fingerprint density at radius 1 is 1.13 bits per heavy atom. The number of rotatable bonds is 7. The number of hydrogen-bond acceptors (Lipinski definition) is 10. The van der Waals surface area contributed by atoms with Crippen LogP contribution in [0.1, 0.15) is 85.5 Å². The first-order chi connectivity index (χ1) is 26.0. The van der Waals surface area contributed by atoms with Gasteiger partial charge in [-0.3, -0.25) is 19.2 Å². The summed E-state index contributed by atoms with van der Waals surface area (Å²) in [6, 6.07) is 6.39. The second-order valence-electron chi connectivity index (χ2n) is 14.0. The number of benzene rings is 1. The standard InChI is InChI=1S/C22H35N3O4.C16H17N3O2S.CH2O2/c1-3-15(2)29-22(28)24-17-11-8-6-4-5-7-10-16-14-18(16)23-20(26)19-12-9-13-25(19)21(17)27;1-9(2)17-16-19-14(8-22-16)13-7-15(20)11-5-4-10(21-3)6-12(11)18-13;2-1-3/h7,10,15-19H,3-6,8-9,11-14H2,1-2H3,(H,23,26)(H,24,28);4-9H,1-3H3,(H,17,19)(H,18,20);1H,(H,2,3)/b10-7-;;/t15?,16-,17+,18-,19+;;/m1../s1. The first-order valence-corrected chi connectivity index (χ1v) is 19.6. The third kappa shape index (κ3) is 12.1. The average molecular weight is 767 g/mol. The van der Waals surface area contributed by atoms with Crippen molar-refractivity contribution in [1.29, 1.82) is 0 Å². The molecule has 15 heteroatoms. The molecule has 6 rings (SSSR count). The maximum Gasteiger partial charge on any atom is 0.408 e. The predicted octanol–water partition coefficient (Wildman–Crippen LogP) is 6.08. The van der Waals surface area contributed by atoms with Crippen LogP contribution in [0.4, 0.5) is 9.93 Å². The molecule has 3 amide bonds. The van der Waals surface area contributed by atoms with Gasteiger partial charge in [-0.05, 0) is 83.8 Å². The van der Waals surface area contributed by atoms with Gasteiger partial charge >= 0.3 is 6.09 Å². The fourth-order valence-electron chi connectivity index (χ4n) is 6.34. The zero-order chi connectivity index (χ0) is 39.2. The van der Waals surface area contributed by atoms with Crippen LogP contribution in [-0.4, -0.2) is 88.3 Å². The minimum absolute atomic E-state index is 0.0298. The highest BCUT2D eigenvalue weighted by Crippen LogP contribution is 2.33. The molecule has 294 valence electrons. The third-order valence-electron chi connectivity index (χ3n) is 9.46. The number of allylic oxidation sites excluding steroid dienone is 1. The Morgan fingerprint density at radius 3 is 2.63 bits per heavy atom. The fourth-order valence-corrected chi connectivity index (χ4v) is 7.20. The number of carboxylic acid groups (broad SMARTS) is 1. The van der Waals surface area contributed by atoms with Crippen LogP contribution in [0.15, 0.2) is 46.6 Å². The number of pyridine rings is 1. The molecule has 2 fully saturated rings. The topological polar surface area (TPSA) is 192 Å². The van der Waals surface area contributed by atoms with Gasteiger partial charge < -0.3 is 40.4 Å². The maximum absolute atomic E-state index is 13.3. The molecule has 14 nitrogen and oxygen atoms in total. The number of ether oxygens (including phenoxy) is 2. The van der Waals surface area contributed by atoms with Crippen molar-refractivity contribution in [2.75, 3.05) is 19.0 Å². The molecule has 5 atom stereocenters. The Hall–Kier alpha value is -4.92. The van der Waals surface area contributed by atoms with E-state index >= 15 is 0 Å². The highest BCUT2D eigenvalue weighted by atomic mass is 32.1. The molecule has 1 saturated carbocycles. The maximum atomic E-state index is 13.3. The number of aromatic nitrogens is 2. The zero-order valence-corrected chi connectivity index (χ0v) is 32.6. The van der Waals surface area contributed by atoms with Crippen molar-refractivity contribution in [3.63, 3.8) is 0 Å². The Kier molecular flexibility index (Phi) is 15.9. The lowest BCUT2D eigenvalue weighted by Gasteiger charge is -2.29. The molecule has 5 N–H and O–H groups in total. The summed E-state index contributed by atoms with van der Waals surface area (Å²) in [5, 5.41) is 19.4. The molecule has 1 unspecified atom stereocenters. The van der Waals surface area contributed by atoms with Crippen LogP contribution >= 0.6 is 11.3 Å². The van der Waals surface area contributed by atoms with Crippen LogP contribution in [0, 0.1) is 5.92 Å². The van der Waals surface area contributed by atoms with Crippen molar-refractivity contribution in [2.24, 2.45) is 5.92 Å². The van der Waals surface area contributed by atoms with E-state index in [0.717, 1.165) is 61.3 Å². The molecule has 1 aromatic carbocycles. The van der Waals surface area contributed by atoms with Crippen LogP contribution in [0.3, 0.4) is 0 Å². The lowest BCUT2D eigenvalue weighted by molar-refractivity contribution is -0.140. The van der Waals surface area contributed by atoms with E-state index in [-0.39, 0.29) is 35.9 Å². The Morgan fingerprint density at radius 2 is 1.91 bits per heavy atom. The number of H-pyrrole nitrogens is 1. The molecule has 4 heterocycles. The summed E-state index contributed by atoms with van der Waals surface area (Å²) in [6.45, 7) is 8.21. The highest BCUT2D eigenvalue weighted by Gasteiger charge is 2.42. The van der Waals surface area contributed by atoms with Crippen LogP contribution in [-0.2, 0) is 19.1 Å². The number of amides is 3. The van der Waals surface area contributed by atoms with E-state index in [1.54, 1.807) is 30.2 Å². The molecule has 3 aromatic rings. The lowest BCUT2D eigenvalue weighted by atomic mass is 10.1. The number of aromatic amines is 1. The minimum atomic E-state index is -0.644. The number of hydrogen-bond donors (Lipinski definition) is 5. The Bertz CT molecular complexity index is 1810. The smallest absolute Gasteiger partial charge is 0.408 e. The molecule has 1 saturated heterocycles. The van der Waals surface area contributed by atoms with Gasteiger partial charge in [-0.1, -0.05) is 31.9 Å². The molecule has 54 heavy (non-hydrogen) atoms. The van der Waals surface area contributed by atoms with Gasteiger partial charge in [0, 0.05) is 41.5 Å². The second-order valence-corrected chi connectivity index (χ2v) is 14.9. The number of nitrogens with one attached hydrogen (secondary N) is 4. The molecule has 3 aliphatic rings. The van der Waals surface area contributed by atoms with Crippen LogP contribution in [0.2, 0.25) is 0 Å². The van der Waals surface area contributed by atoms with E-state index < -0.39 is 18.2 Å². The Labute approximate surface area is 320 Å². The van der Waals surface area contributed by atoms with Gasteiger partial charge in [0.2, 0.25) is 11.8 Å². The summed E-state index contributed by atoms with van der Waals surface area (Å²) in [5.41, 5.74) is 2.18. The van der Waals surface area contributed by atoms with Gasteiger partial charge in [-0.25, -0.2) is 9.78 Å². The van der Waals surface area contributed by atoms with E-state index in [9.17, 15) is 19.2 Å². The molecule has 0 bridgehead atoms. The van der Waals surface area contributed by atoms with Crippen molar-refractivity contribution in [1.82, 2.24) is 25.5 Å². The van der Waals surface area contributed by atoms with Crippen molar-refractivity contribution in [3.8, 4) is 17.1 Å². The SMILES string of the molecule is CCC(C)OC(=O)N[C@H]1CCCCC/C=C\[C@@H]2C[C@H]2NC(=O)[C@@H]2CCCN2C1=O.COc1ccc2c(=O)cc(-c3csc(NC(C)C)n3)[nH]c2c1.O=CO. The van der Waals surface area contributed by atoms with Gasteiger partial charge in [-0.15, -0.1) is 11.3 Å². The predicted molar refractivity (Wildman–Crippen MR) is 210 cm³/mol. The summed E-state index contributed by atoms with van der Waals surface area (Å²) < 4.78 is 10.5. The second kappa shape index (κ2) is 20.5. The molecular weight excluding hydrogens is 713 g/mol. The molecule has 2 aliphatic heterocycles. The van der Waals surface area contributed by atoms with Gasteiger partial charge in [0.15, 0.2) is 10.6 Å². The van der Waals surface area contributed by atoms with Crippen LogP contribution in [0.25, 0.3) is 22.3 Å². The van der Waals surface area contributed by atoms with Crippen molar-refractivity contribution >= 4 is 51.8 Å². The zero-order valence-electron chi connectivity index (χ0n) is 31.8. The van der Waals surface area contributed by atoms with E-state index in [4.69, 9.17) is 19.4 Å². The first kappa shape index (κ1) is 41.8. The number of carbonyl (C=O) groups excluding carboxylic acids is 3. The molecule has 1 aliphatic carbocycles. The van der Waals surface area contributed by atoms with Gasteiger partial charge in [-0.2, -0.15) is 0 Å². The van der Waals surface area contributed by atoms with Gasteiger partial charge in [0.25, 0.3) is 6.47 Å². The average Bonchev–Trinajstić information content (AvgIpc) is 3.47. The number of nitrogens with zero attached hydrogens (tertiary/aromatic N) is 2. The van der Waals surface area contributed by atoms with E-state index in [1.807, 2.05) is 25.3 Å². The van der Waals surface area contributed by atoms with Crippen LogP contribution in [0.5, 0.6) is 5.75 Å². The van der Waals surface area contributed by atoms with Crippen molar-refractivity contribution in [2.45, 2.75) is 116 Å². The van der Waals surface area contributed by atoms with E-state index in [2.05, 4.69) is 51.9 Å². The van der Waals surface area contributed by atoms with E-state index in [0.29, 0.717) is 48.2 Å². The summed E-state index contributed by atoms with van der Waals surface area (Å²) in [5.74, 6) is 0.914. The highest BCUT2D eigenvalue weighted by molar-refractivity contribution is 7.14. The van der Waals surface area contributed by atoms with E-state index in [1.165, 1.54) is 11.3 Å². The Balaban J connectivity index is 0.000000231. The number of fused-ring (bicyclic) bond motifs is 3. The van der Waals surface area contributed by atoms with Crippen LogP contribution < -0.4 is 26.1 Å². The lowest BCUT2D eigenvalue weighted by Crippen LogP contribution is -2.54. The van der Waals surface area contributed by atoms with Gasteiger partial charge in [0.05, 0.1) is 24.0 Å². The first-order valence-electron chi connectivity index (χ1n) is 18.7. The number of methoxy groups -OCH3 is 1. The molecule has 0 spiro atoms. The summed E-state index contributed by atoms with van der Waals surface area (Å²) in [6.07, 6.45) is 11.3. The summed E-state index contributed by atoms with van der Waals surface area (Å²) in [7, 11) is 1.60. The largest absolute Gasteiger partial charge is 0.497 e. The fraction of sp³-hybridized carbons (Fsp3) is 0.538. The number of anilines is 1. The molecule has 0 radical (unpaired) electrons. The number of alkyl carbamates (subject to hydrolysis) is 1. The van der Waals surface area contributed by atoms with Crippen molar-refractivity contribution < 1.29 is 33.8 Å².